The Morgan fingerprint density at radius 3 is 0.409 bits per heavy atom. The molecular formula is C82H156S6. The Balaban J connectivity index is 3.70. The van der Waals surface area contributed by atoms with E-state index in [0.717, 1.165) is 0 Å². The van der Waals surface area contributed by atoms with E-state index in [9.17, 15) is 0 Å². The number of thioether (sulfide) groups is 6. The molecule has 0 aliphatic heterocycles. The van der Waals surface area contributed by atoms with Gasteiger partial charge < -0.3 is 0 Å². The van der Waals surface area contributed by atoms with Crippen LogP contribution in [0.4, 0.5) is 0 Å². The number of unbranched alkanes of at least 4 members (excludes halogenated alkanes) is 57. The maximum atomic E-state index is 3.98. The zero-order valence-electron chi connectivity index (χ0n) is 60.5. The van der Waals surface area contributed by atoms with E-state index in [2.05, 4.69) is 118 Å². The third-order valence-corrected chi connectivity index (χ3v) is 26.4. The second-order valence-electron chi connectivity index (χ2n) is 27.3. The van der Waals surface area contributed by atoms with Gasteiger partial charge in [-0.3, -0.25) is 0 Å². The molecule has 0 saturated heterocycles. The zero-order chi connectivity index (χ0) is 63.2. The molecule has 0 radical (unpaired) electrons. The molecule has 0 amide bonds. The maximum absolute atomic E-state index is 3.98. The Morgan fingerprint density at radius 1 is 0.170 bits per heavy atom. The molecule has 0 saturated carbocycles. The molecule has 6 heteroatoms. The van der Waals surface area contributed by atoms with Crippen molar-refractivity contribution in [1.82, 2.24) is 0 Å². The highest BCUT2D eigenvalue weighted by Crippen LogP contribution is 2.55. The lowest BCUT2D eigenvalue weighted by Gasteiger charge is -2.25. The smallest absolute Gasteiger partial charge is 0.0368 e. The van der Waals surface area contributed by atoms with Crippen molar-refractivity contribution in [2.75, 3.05) is 34.5 Å². The molecule has 1 rings (SSSR count). The van der Waals surface area contributed by atoms with Crippen molar-refractivity contribution in [3.8, 4) is 0 Å². The first-order valence-corrected chi connectivity index (χ1v) is 46.2. The van der Waals surface area contributed by atoms with Crippen LogP contribution in [0.5, 0.6) is 0 Å². The van der Waals surface area contributed by atoms with Crippen LogP contribution in [0.25, 0.3) is 0 Å². The highest BCUT2D eigenvalue weighted by molar-refractivity contribution is 8.06. The van der Waals surface area contributed by atoms with Crippen LogP contribution in [0.15, 0.2) is 42.0 Å². The van der Waals surface area contributed by atoms with Gasteiger partial charge in [0.15, 0.2) is 0 Å². The van der Waals surface area contributed by atoms with Gasteiger partial charge in [-0.2, -0.15) is 0 Å². The lowest BCUT2D eigenvalue weighted by Crippen LogP contribution is -2.01. The lowest BCUT2D eigenvalue weighted by molar-refractivity contribution is 0.554. The quantitative estimate of drug-likeness (QED) is 0.0360. The average molecular weight is 1330 g/mol. The second kappa shape index (κ2) is 73.9. The van der Waals surface area contributed by atoms with Crippen molar-refractivity contribution in [1.29, 1.82) is 0 Å². The molecule has 0 nitrogen and oxygen atoms in total. The number of hydrogen-bond donors (Lipinski definition) is 0. The molecule has 1 aromatic carbocycles. The highest BCUT2D eigenvalue weighted by Gasteiger charge is 2.26. The molecule has 0 spiro atoms. The number of allylic oxidation sites excluding steroid dienone is 1. The van der Waals surface area contributed by atoms with E-state index in [1.54, 1.807) is 29.4 Å². The summed E-state index contributed by atoms with van der Waals surface area (Å²) in [7, 11) is 0. The molecule has 0 bridgehead atoms. The first-order chi connectivity index (χ1) is 43.7. The molecule has 0 aliphatic rings. The van der Waals surface area contributed by atoms with Crippen LogP contribution < -0.4 is 0 Å². The van der Waals surface area contributed by atoms with Crippen molar-refractivity contribution >= 4 is 70.6 Å². The number of benzene rings is 1. The molecule has 0 N–H and O–H groups in total. The second-order valence-corrected chi connectivity index (χ2v) is 33.9. The van der Waals surface area contributed by atoms with Gasteiger partial charge in [-0.25, -0.2) is 0 Å². The van der Waals surface area contributed by atoms with E-state index in [4.69, 9.17) is 0 Å². The van der Waals surface area contributed by atoms with Crippen LogP contribution in [0, 0.1) is 0 Å². The van der Waals surface area contributed by atoms with E-state index < -0.39 is 0 Å². The molecule has 0 aromatic heterocycles. The summed E-state index contributed by atoms with van der Waals surface area (Å²) in [6.45, 7) is 15.7. The summed E-state index contributed by atoms with van der Waals surface area (Å²) >= 11 is 14.0. The Labute approximate surface area is 581 Å². The number of rotatable bonds is 76. The summed E-state index contributed by atoms with van der Waals surface area (Å²) < 4.78 is 0. The van der Waals surface area contributed by atoms with Crippen LogP contribution in [0.3, 0.4) is 0 Å². The Hall–Kier alpha value is 1.06. The monoisotopic (exact) mass is 1330 g/mol. The van der Waals surface area contributed by atoms with Crippen LogP contribution in [0.2, 0.25) is 0 Å². The Kier molecular flexibility index (Phi) is 73.1. The van der Waals surface area contributed by atoms with E-state index in [1.807, 2.05) is 0 Å². The maximum Gasteiger partial charge on any atom is 0.0368 e. The average Bonchev–Trinajstić information content (AvgIpc) is 1.04. The van der Waals surface area contributed by atoms with Gasteiger partial charge in [0, 0.05) is 29.4 Å². The van der Waals surface area contributed by atoms with Gasteiger partial charge in [-0.15, -0.1) is 77.2 Å². The molecule has 0 atom stereocenters. The molecule has 88 heavy (non-hydrogen) atoms. The predicted octanol–water partition coefficient (Wildman–Crippen LogP) is 33.1. The van der Waals surface area contributed by atoms with Crippen LogP contribution >= 0.6 is 70.6 Å². The summed E-state index contributed by atoms with van der Waals surface area (Å²) in [5, 5.41) is 0. The fraction of sp³-hybridized carbons (Fsp3) is 0.902. The van der Waals surface area contributed by atoms with Crippen molar-refractivity contribution < 1.29 is 0 Å². The summed E-state index contributed by atoms with van der Waals surface area (Å²) in [6, 6.07) is 0. The summed E-state index contributed by atoms with van der Waals surface area (Å²) in [4.78, 5) is 10.5. The van der Waals surface area contributed by atoms with Gasteiger partial charge in [0.25, 0.3) is 0 Å². The molecule has 0 unspecified atom stereocenters. The van der Waals surface area contributed by atoms with Gasteiger partial charge in [0.05, 0.1) is 0 Å². The first-order valence-electron chi connectivity index (χ1n) is 40.3. The first kappa shape index (κ1) is 87.1. The van der Waals surface area contributed by atoms with Gasteiger partial charge in [-0.05, 0) is 85.9 Å². The van der Waals surface area contributed by atoms with Gasteiger partial charge in [0.1, 0.15) is 0 Å². The summed E-state index contributed by atoms with van der Waals surface area (Å²) in [5.74, 6) is 7.74. The zero-order valence-corrected chi connectivity index (χ0v) is 65.4. The SMILES string of the molecule is C=CCCCCCCCCCSc1c(SCCCCCCCCCCCCC)c(SCCCCCCCCCCCCC)c(SCCCCCCCCCCCCC)c(SCCCCCCCCCCCCC)c1SCCCCCCCCCCCCC. The summed E-state index contributed by atoms with van der Waals surface area (Å²) in [5.41, 5.74) is 0. The van der Waals surface area contributed by atoms with Crippen molar-refractivity contribution in [3.63, 3.8) is 0 Å². The van der Waals surface area contributed by atoms with Gasteiger partial charge in [-0.1, -0.05) is 394 Å². The van der Waals surface area contributed by atoms with Crippen molar-refractivity contribution in [2.45, 2.75) is 469 Å². The molecule has 1 aromatic rings. The molecule has 0 aliphatic carbocycles. The molecule has 520 valence electrons. The minimum atomic E-state index is 1.19. The minimum Gasteiger partial charge on any atom is -0.124 e. The van der Waals surface area contributed by atoms with Crippen LogP contribution in [-0.4, -0.2) is 34.5 Å². The molecule has 0 fully saturated rings. The number of hydrogen-bond acceptors (Lipinski definition) is 6. The Morgan fingerprint density at radius 2 is 0.284 bits per heavy atom. The predicted molar refractivity (Wildman–Crippen MR) is 420 cm³/mol. The van der Waals surface area contributed by atoms with Gasteiger partial charge in [0.2, 0.25) is 0 Å². The lowest BCUT2D eigenvalue weighted by atomic mass is 10.1. The van der Waals surface area contributed by atoms with Crippen LogP contribution in [-0.2, 0) is 0 Å². The highest BCUT2D eigenvalue weighted by atomic mass is 32.2. The normalized spacial score (nSPS) is 11.7. The van der Waals surface area contributed by atoms with E-state index in [-0.39, 0.29) is 0 Å². The molecule has 0 heterocycles. The van der Waals surface area contributed by atoms with Gasteiger partial charge >= 0.3 is 0 Å². The topological polar surface area (TPSA) is 0 Å². The largest absolute Gasteiger partial charge is 0.124 e. The van der Waals surface area contributed by atoms with Crippen LogP contribution in [0.1, 0.15) is 439 Å². The van der Waals surface area contributed by atoms with E-state index >= 15 is 0 Å². The van der Waals surface area contributed by atoms with Crippen molar-refractivity contribution in [2.24, 2.45) is 0 Å². The van der Waals surface area contributed by atoms with Crippen molar-refractivity contribution in [3.05, 3.63) is 12.7 Å². The third-order valence-electron chi connectivity index (χ3n) is 18.5. The summed E-state index contributed by atoms with van der Waals surface area (Å²) in [6.07, 6.45) is 91.5. The Bertz CT molecular complexity index is 1450. The molecular weight excluding hydrogens is 1180 g/mol. The van der Waals surface area contributed by atoms with E-state index in [0.29, 0.717) is 0 Å². The standard InChI is InChI=1S/C82H156S6/c1-7-13-19-25-31-37-42-48-54-60-66-72-84-78-77(83-71-65-59-53-47-36-30-24-18-12-6)79(85-73-67-61-55-49-43-38-32-26-20-14-8-2)81(87-75-69-63-57-51-45-40-34-28-22-16-10-4)82(88-76-70-64-58-52-46-41-35-29-23-17-11-5)80(78)86-74-68-62-56-50-44-39-33-27-21-15-9-3/h12H,6-11,13-76H2,1-5H3. The van der Waals surface area contributed by atoms with E-state index in [1.165, 1.54) is 439 Å². The fourth-order valence-corrected chi connectivity index (χ4v) is 21.2. The fourth-order valence-electron chi connectivity index (χ4n) is 12.6. The third kappa shape index (κ3) is 56.3. The minimum absolute atomic E-state index is 1.19.